The molecule has 0 aliphatic rings. The Morgan fingerprint density at radius 2 is 1.25 bits per heavy atom. The van der Waals surface area contributed by atoms with E-state index in [0.29, 0.717) is 48.8 Å². The van der Waals surface area contributed by atoms with E-state index in [0.717, 1.165) is 50.2 Å². The number of hydrogen-bond donors (Lipinski definition) is 8. The number of rotatable bonds is 16. The molecule has 0 spiro atoms. The normalized spacial score (nSPS) is 9.57. The number of benzene rings is 4. The quantitative estimate of drug-likeness (QED) is 0.0147. The van der Waals surface area contributed by atoms with Crippen LogP contribution in [0.25, 0.3) is 29.7 Å². The van der Waals surface area contributed by atoms with Crippen LogP contribution < -0.4 is 10.6 Å². The van der Waals surface area contributed by atoms with Gasteiger partial charge in [-0.3, -0.25) is 25.1 Å². The van der Waals surface area contributed by atoms with E-state index in [2.05, 4.69) is 106 Å². The number of esters is 1. The number of thioether (sulfide) groups is 2. The summed E-state index contributed by atoms with van der Waals surface area (Å²) in [6.07, 6.45) is 8.39. The van der Waals surface area contributed by atoms with E-state index in [4.69, 9.17) is 82.5 Å². The molecule has 0 unspecified atom stereocenters. The summed E-state index contributed by atoms with van der Waals surface area (Å²) < 4.78 is 15.0. The van der Waals surface area contributed by atoms with Crippen LogP contribution in [-0.4, -0.2) is 106 Å². The van der Waals surface area contributed by atoms with Crippen molar-refractivity contribution in [3.05, 3.63) is 207 Å². The topological polar surface area (TPSA) is 257 Å². The van der Waals surface area contributed by atoms with Crippen LogP contribution in [0.2, 0.25) is 0 Å². The molecular weight excluding hydrogens is 1310 g/mol. The molecule has 4 aromatic carbocycles. The van der Waals surface area contributed by atoms with Crippen molar-refractivity contribution in [2.24, 2.45) is 0 Å². The van der Waals surface area contributed by atoms with Gasteiger partial charge >= 0.3 is 86.2 Å². The Morgan fingerprint density at radius 3 is 1.71 bits per heavy atom. The van der Waals surface area contributed by atoms with Gasteiger partial charge in [0.05, 0.1) is 0 Å². The van der Waals surface area contributed by atoms with Crippen LogP contribution in [0.4, 0.5) is 10.8 Å². The first kappa shape index (κ1) is 70.4. The van der Waals surface area contributed by atoms with Crippen LogP contribution in [-0.2, 0) is 20.7 Å². The standard InChI is InChI=1S/C11H9N3O2S.C11H9N3OS2.2C8H8.C7H8N2O2SSe.C5H7N3S3.C4H6N2S3/c1-2-9(15)12-8-5-3-7(4-6-8)10-13-14-11(17)16-10;1-2-7-3-5-8(6-4-7)9(15)12-10-13-14-11(16)17-10;2*1-2-8-6-4-3-5-7-8;1-2-6(10)11-4-3-5-8-9-7(12)13-5;1-2-11-5-7-3(9)6-4(10)8-5;1-2-8-4-6-5-3(7)9-4/h2-6H,1H2,(H,12,15)(H,14,17);2-6H,1H2,(H,14,16)(H,12,13,15);2*2-7H,1H2;2H,1,3-4H2,(H,9,12);2H2,1H3,(H2,6,7,8,9,10);2H2,1H3,(H,5,7). The molecule has 432 valence electrons. The maximum absolute atomic E-state index is 11.8. The molecule has 0 fully saturated rings. The molecular formula is C54H55N13O5S10Se. The Balaban J connectivity index is 0.000000259. The smallest absolute Gasteiger partial charge is 0.257 e. The van der Waals surface area contributed by atoms with Gasteiger partial charge in [0, 0.05) is 16.8 Å². The number of aromatic amines is 6. The summed E-state index contributed by atoms with van der Waals surface area (Å²) in [4.78, 5) is 43.4. The number of hydrogen-bond acceptors (Lipinski definition) is 20. The van der Waals surface area contributed by atoms with Crippen LogP contribution in [0.15, 0.2) is 168 Å². The number of carbonyl (C=O) groups is 3. The first-order valence-corrected chi connectivity index (χ1v) is 31.7. The van der Waals surface area contributed by atoms with Crippen LogP contribution in [0, 0.1) is 25.8 Å². The first-order chi connectivity index (χ1) is 40.0. The van der Waals surface area contributed by atoms with Crippen molar-refractivity contribution in [2.45, 2.75) is 29.8 Å². The molecule has 29 heteroatoms. The molecule has 0 atom stereocenters. The maximum Gasteiger partial charge on any atom is 0.257 e. The number of aromatic nitrogens is 11. The van der Waals surface area contributed by atoms with E-state index in [-0.39, 0.29) is 31.2 Å². The van der Waals surface area contributed by atoms with Gasteiger partial charge in [-0.15, -0.1) is 10.2 Å². The fourth-order valence-corrected chi connectivity index (χ4v) is 11.1. The van der Waals surface area contributed by atoms with Gasteiger partial charge in [-0.2, -0.15) is 10.1 Å². The van der Waals surface area contributed by atoms with Gasteiger partial charge in [-0.05, 0) is 132 Å². The minimum atomic E-state index is -0.401. The number of nitrogens with zero attached hydrogens (tertiary/aromatic N) is 5. The zero-order valence-electron chi connectivity index (χ0n) is 44.4. The number of carbonyl (C=O) groups excluding carboxylic acids is 3. The van der Waals surface area contributed by atoms with Crippen molar-refractivity contribution in [3.63, 3.8) is 0 Å². The fraction of sp³-hybridized carbons (Fsp3) is 0.111. The van der Waals surface area contributed by atoms with E-state index in [1.807, 2.05) is 91.9 Å². The third-order valence-corrected chi connectivity index (χ3v) is 15.6. The molecule has 0 saturated carbocycles. The molecule has 0 saturated heterocycles. The maximum atomic E-state index is 11.8. The fourth-order valence-electron chi connectivity index (χ4n) is 5.29. The zero-order chi connectivity index (χ0) is 60.8. The molecule has 0 aliphatic carbocycles. The zero-order valence-corrected chi connectivity index (χ0v) is 54.3. The minimum absolute atomic E-state index is 0.135. The summed E-state index contributed by atoms with van der Waals surface area (Å²) in [6.45, 7) is 22.1. The Labute approximate surface area is 532 Å². The molecule has 9 aromatic rings. The summed E-state index contributed by atoms with van der Waals surface area (Å²) in [7, 11) is 0. The summed E-state index contributed by atoms with van der Waals surface area (Å²) >= 11 is 35.3. The predicted molar refractivity (Wildman–Crippen MR) is 357 cm³/mol. The second kappa shape index (κ2) is 41.2. The SMILES string of the molecule is C=CC(=O)Nc1ccc(-c2n[nH]c(=S)o2)cc1.C=CC(=O)OCCc1n[nH]c(=S)[se]1.C=Cc1ccc(C(=O)Nc2n[nH]c(=S)s2)cc1.C=Cc1ccccc1.C=Cc1ccccc1.CCSc1n[nH]c(=S)s1.CCSc1nc(=S)[nH]c(=S)[nH]1. The van der Waals surface area contributed by atoms with Crippen molar-refractivity contribution in [1.82, 2.24) is 55.7 Å². The molecule has 5 aromatic heterocycles. The van der Waals surface area contributed by atoms with Crippen molar-refractivity contribution in [1.29, 1.82) is 0 Å². The average molecular weight is 1370 g/mol. The summed E-state index contributed by atoms with van der Waals surface area (Å²) in [6, 6.07) is 34.2. The molecule has 8 N–H and O–H groups in total. The Hall–Kier alpha value is -6.86. The number of H-pyrrole nitrogens is 6. The van der Waals surface area contributed by atoms with Gasteiger partial charge in [0.15, 0.2) is 22.2 Å². The molecule has 0 aliphatic heterocycles. The Morgan fingerprint density at radius 1 is 0.663 bits per heavy atom. The van der Waals surface area contributed by atoms with Crippen molar-refractivity contribution < 1.29 is 23.5 Å². The van der Waals surface area contributed by atoms with Gasteiger partial charge in [0.25, 0.3) is 10.7 Å². The van der Waals surface area contributed by atoms with Gasteiger partial charge in [0.2, 0.25) is 21.7 Å². The minimum Gasteiger partial charge on any atom is -0.311 e. The van der Waals surface area contributed by atoms with Gasteiger partial charge < -0.3 is 19.7 Å². The number of anilines is 2. The van der Waals surface area contributed by atoms with Crippen LogP contribution in [0.5, 0.6) is 0 Å². The molecule has 9 rings (SSSR count). The van der Waals surface area contributed by atoms with Gasteiger partial charge in [-0.25, -0.2) is 5.10 Å². The monoisotopic (exact) mass is 1370 g/mol. The Kier molecular flexibility index (Phi) is 34.9. The second-order valence-corrected chi connectivity index (χ2v) is 25.3. The van der Waals surface area contributed by atoms with Crippen LogP contribution in [0.3, 0.4) is 0 Å². The molecule has 0 radical (unpaired) electrons. The van der Waals surface area contributed by atoms with E-state index in [9.17, 15) is 14.4 Å². The number of amides is 2. The van der Waals surface area contributed by atoms with E-state index in [1.54, 1.807) is 66.0 Å². The molecule has 0 bridgehead atoms. The number of nitrogens with one attached hydrogen (secondary N) is 8. The molecule has 2 amide bonds. The molecule has 83 heavy (non-hydrogen) atoms. The third-order valence-electron chi connectivity index (χ3n) is 8.98. The van der Waals surface area contributed by atoms with Crippen LogP contribution >= 0.6 is 120 Å². The van der Waals surface area contributed by atoms with E-state index in [1.165, 1.54) is 39.9 Å². The van der Waals surface area contributed by atoms with Crippen molar-refractivity contribution in [2.75, 3.05) is 28.7 Å². The summed E-state index contributed by atoms with van der Waals surface area (Å²) in [5.74, 6) is 1.55. The molecule has 18 nitrogen and oxygen atoms in total. The van der Waals surface area contributed by atoms with Crippen molar-refractivity contribution >= 4 is 181 Å². The third kappa shape index (κ3) is 30.3. The first-order valence-electron chi connectivity index (χ1n) is 23.9. The molecule has 5 heterocycles. The van der Waals surface area contributed by atoms with Crippen LogP contribution in [0.1, 0.15) is 45.5 Å². The van der Waals surface area contributed by atoms with Crippen molar-refractivity contribution in [3.8, 4) is 11.5 Å². The largest absolute Gasteiger partial charge is 0.311 e. The number of ether oxygens (including phenoxy) is 1. The predicted octanol–water partition coefficient (Wildman–Crippen LogP) is 15.4. The van der Waals surface area contributed by atoms with Gasteiger partial charge in [-0.1, -0.05) is 177 Å². The van der Waals surface area contributed by atoms with E-state index >= 15 is 0 Å². The summed E-state index contributed by atoms with van der Waals surface area (Å²) in [5.41, 5.74) is 5.33. The van der Waals surface area contributed by atoms with E-state index < -0.39 is 5.97 Å². The van der Waals surface area contributed by atoms with Gasteiger partial charge in [0.1, 0.15) is 0 Å². The summed E-state index contributed by atoms with van der Waals surface area (Å²) in [5, 5.41) is 32.8. The average Bonchev–Trinajstić information content (AvgIpc) is 4.46. The second-order valence-electron chi connectivity index (χ2n) is 14.8. The Bertz CT molecular complexity index is 3740.